The van der Waals surface area contributed by atoms with Crippen LogP contribution in [0.15, 0.2) is 35.5 Å². The molecule has 1 heterocycles. The summed E-state index contributed by atoms with van der Waals surface area (Å²) in [7, 11) is -3.60. The highest BCUT2D eigenvalue weighted by atomic mass is 32.2. The Labute approximate surface area is 125 Å². The van der Waals surface area contributed by atoms with E-state index < -0.39 is 10.0 Å². The average Bonchev–Trinajstić information content (AvgIpc) is 2.96. The standard InChI is InChI=1S/C15H21N3O2S/c1-3-5-6-12-7-9-13(10-8-12)18-21(19,20)15-11-16-14(4-2)17-15/h7-11,18H,3-6H2,1-2H3,(H,16,17). The van der Waals surface area contributed by atoms with Crippen LogP contribution in [0.4, 0.5) is 5.69 Å². The Morgan fingerprint density at radius 3 is 2.48 bits per heavy atom. The molecule has 0 radical (unpaired) electrons. The zero-order valence-corrected chi connectivity index (χ0v) is 13.2. The summed E-state index contributed by atoms with van der Waals surface area (Å²) in [5.74, 6) is 0.658. The van der Waals surface area contributed by atoms with E-state index in [0.29, 0.717) is 17.9 Å². The predicted octanol–water partition coefficient (Wildman–Crippen LogP) is 3.12. The summed E-state index contributed by atoms with van der Waals surface area (Å²) in [6.07, 6.45) is 5.31. The minimum Gasteiger partial charge on any atom is -0.332 e. The van der Waals surface area contributed by atoms with Crippen LogP contribution in [0.5, 0.6) is 0 Å². The van der Waals surface area contributed by atoms with Crippen LogP contribution in [0.1, 0.15) is 38.1 Å². The number of benzene rings is 1. The highest BCUT2D eigenvalue weighted by molar-refractivity contribution is 7.92. The largest absolute Gasteiger partial charge is 0.332 e. The van der Waals surface area contributed by atoms with Gasteiger partial charge in [-0.05, 0) is 30.5 Å². The molecule has 0 aliphatic rings. The molecular formula is C15H21N3O2S. The maximum absolute atomic E-state index is 12.2. The van der Waals surface area contributed by atoms with Crippen LogP contribution < -0.4 is 4.72 Å². The number of imidazole rings is 1. The second-order valence-electron chi connectivity index (χ2n) is 4.95. The van der Waals surface area contributed by atoms with Gasteiger partial charge in [-0.2, -0.15) is 8.42 Å². The molecule has 114 valence electrons. The molecular weight excluding hydrogens is 286 g/mol. The third-order valence-corrected chi connectivity index (χ3v) is 4.55. The number of H-pyrrole nitrogens is 1. The molecule has 0 amide bonds. The van der Waals surface area contributed by atoms with Crippen molar-refractivity contribution in [3.63, 3.8) is 0 Å². The summed E-state index contributed by atoms with van der Waals surface area (Å²) in [6, 6.07) is 7.50. The summed E-state index contributed by atoms with van der Waals surface area (Å²) < 4.78 is 27.0. The fourth-order valence-electron chi connectivity index (χ4n) is 1.99. The van der Waals surface area contributed by atoms with E-state index in [1.807, 2.05) is 19.1 Å². The van der Waals surface area contributed by atoms with Crippen LogP contribution in [-0.2, 0) is 22.9 Å². The van der Waals surface area contributed by atoms with Crippen LogP contribution in [-0.4, -0.2) is 18.4 Å². The molecule has 5 nitrogen and oxygen atoms in total. The van der Waals surface area contributed by atoms with E-state index in [4.69, 9.17) is 0 Å². The van der Waals surface area contributed by atoms with Gasteiger partial charge in [0.15, 0.2) is 5.03 Å². The number of sulfonamides is 1. The minimum absolute atomic E-state index is 0.0920. The number of aromatic nitrogens is 2. The molecule has 2 aromatic rings. The van der Waals surface area contributed by atoms with Crippen molar-refractivity contribution >= 4 is 15.7 Å². The van der Waals surface area contributed by atoms with Crippen molar-refractivity contribution in [2.24, 2.45) is 0 Å². The molecule has 0 saturated carbocycles. The summed E-state index contributed by atoms with van der Waals surface area (Å²) in [6.45, 7) is 4.06. The van der Waals surface area contributed by atoms with Crippen molar-refractivity contribution in [3.8, 4) is 0 Å². The van der Waals surface area contributed by atoms with E-state index >= 15 is 0 Å². The third kappa shape index (κ3) is 4.07. The Morgan fingerprint density at radius 1 is 1.19 bits per heavy atom. The lowest BCUT2D eigenvalue weighted by atomic mass is 10.1. The summed E-state index contributed by atoms with van der Waals surface area (Å²) in [5.41, 5.74) is 1.78. The molecule has 2 N–H and O–H groups in total. The monoisotopic (exact) mass is 307 g/mol. The summed E-state index contributed by atoms with van der Waals surface area (Å²) >= 11 is 0. The lowest BCUT2D eigenvalue weighted by molar-refractivity contribution is 0.598. The van der Waals surface area contributed by atoms with Gasteiger partial charge in [0.25, 0.3) is 10.0 Å². The van der Waals surface area contributed by atoms with E-state index in [1.54, 1.807) is 12.1 Å². The first kappa shape index (κ1) is 15.6. The van der Waals surface area contributed by atoms with Crippen LogP contribution in [0.2, 0.25) is 0 Å². The van der Waals surface area contributed by atoms with Gasteiger partial charge in [0.2, 0.25) is 0 Å². The van der Waals surface area contributed by atoms with Crippen LogP contribution in [0, 0.1) is 0 Å². The number of hydrogen-bond donors (Lipinski definition) is 2. The fraction of sp³-hybridized carbons (Fsp3) is 0.400. The second kappa shape index (κ2) is 6.76. The summed E-state index contributed by atoms with van der Waals surface area (Å²) in [4.78, 5) is 6.82. The van der Waals surface area contributed by atoms with Crippen molar-refractivity contribution in [1.29, 1.82) is 0 Å². The minimum atomic E-state index is -3.60. The number of unbranched alkanes of at least 4 members (excludes halogenated alkanes) is 1. The fourth-order valence-corrected chi connectivity index (χ4v) is 2.99. The molecule has 0 atom stereocenters. The maximum Gasteiger partial charge on any atom is 0.278 e. The van der Waals surface area contributed by atoms with Gasteiger partial charge in [0, 0.05) is 12.1 Å². The van der Waals surface area contributed by atoms with Gasteiger partial charge in [-0.3, -0.25) is 4.72 Å². The van der Waals surface area contributed by atoms with E-state index in [9.17, 15) is 8.42 Å². The van der Waals surface area contributed by atoms with E-state index in [0.717, 1.165) is 19.3 Å². The van der Waals surface area contributed by atoms with Gasteiger partial charge < -0.3 is 4.98 Å². The number of aryl methyl sites for hydroxylation is 2. The molecule has 6 heteroatoms. The van der Waals surface area contributed by atoms with Crippen molar-refractivity contribution in [2.45, 2.75) is 44.6 Å². The van der Waals surface area contributed by atoms with E-state index in [2.05, 4.69) is 21.6 Å². The first-order chi connectivity index (χ1) is 10.0. The van der Waals surface area contributed by atoms with Gasteiger partial charge in [-0.25, -0.2) is 4.98 Å². The van der Waals surface area contributed by atoms with Crippen molar-refractivity contribution in [2.75, 3.05) is 4.72 Å². The van der Waals surface area contributed by atoms with Gasteiger partial charge in [-0.15, -0.1) is 0 Å². The molecule has 0 fully saturated rings. The Morgan fingerprint density at radius 2 is 1.90 bits per heavy atom. The quantitative estimate of drug-likeness (QED) is 0.825. The van der Waals surface area contributed by atoms with Crippen LogP contribution >= 0.6 is 0 Å². The number of aromatic amines is 1. The van der Waals surface area contributed by atoms with Crippen molar-refractivity contribution in [3.05, 3.63) is 41.9 Å². The molecule has 1 aromatic heterocycles. The van der Waals surface area contributed by atoms with Crippen molar-refractivity contribution in [1.82, 2.24) is 9.97 Å². The molecule has 2 rings (SSSR count). The topological polar surface area (TPSA) is 74.8 Å². The molecule has 0 aliphatic carbocycles. The highest BCUT2D eigenvalue weighted by Crippen LogP contribution is 2.16. The second-order valence-corrected chi connectivity index (χ2v) is 6.60. The Hall–Kier alpha value is -1.82. The number of anilines is 1. The van der Waals surface area contributed by atoms with E-state index in [1.165, 1.54) is 11.8 Å². The number of nitrogens with one attached hydrogen (secondary N) is 2. The van der Waals surface area contributed by atoms with Crippen molar-refractivity contribution < 1.29 is 8.42 Å². The number of nitrogens with zero attached hydrogens (tertiary/aromatic N) is 1. The normalized spacial score (nSPS) is 11.5. The van der Waals surface area contributed by atoms with Gasteiger partial charge in [0.1, 0.15) is 5.82 Å². The molecule has 0 aliphatic heterocycles. The van der Waals surface area contributed by atoms with Gasteiger partial charge >= 0.3 is 0 Å². The molecule has 1 aromatic carbocycles. The Balaban J connectivity index is 2.09. The zero-order valence-electron chi connectivity index (χ0n) is 12.4. The molecule has 0 saturated heterocycles. The van der Waals surface area contributed by atoms with E-state index in [-0.39, 0.29) is 5.03 Å². The predicted molar refractivity (Wildman–Crippen MR) is 83.8 cm³/mol. The smallest absolute Gasteiger partial charge is 0.278 e. The Kier molecular flexibility index (Phi) is 5.01. The average molecular weight is 307 g/mol. The number of rotatable bonds is 7. The molecule has 0 unspecified atom stereocenters. The number of hydrogen-bond acceptors (Lipinski definition) is 3. The first-order valence-corrected chi connectivity index (χ1v) is 8.69. The highest BCUT2D eigenvalue weighted by Gasteiger charge is 2.16. The molecule has 0 bridgehead atoms. The first-order valence-electron chi connectivity index (χ1n) is 7.20. The van der Waals surface area contributed by atoms with Gasteiger partial charge in [-0.1, -0.05) is 32.4 Å². The zero-order chi connectivity index (χ0) is 15.3. The molecule has 0 spiro atoms. The Bertz CT molecular complexity index is 675. The van der Waals surface area contributed by atoms with Crippen LogP contribution in [0.3, 0.4) is 0 Å². The summed E-state index contributed by atoms with van der Waals surface area (Å²) in [5, 5.41) is 0.0920. The third-order valence-electron chi connectivity index (χ3n) is 3.25. The lowest BCUT2D eigenvalue weighted by Gasteiger charge is -2.07. The maximum atomic E-state index is 12.2. The van der Waals surface area contributed by atoms with Crippen LogP contribution in [0.25, 0.3) is 0 Å². The SMILES string of the molecule is CCCCc1ccc(NS(=O)(=O)c2cnc(CC)[nH]2)cc1. The lowest BCUT2D eigenvalue weighted by Crippen LogP contribution is -2.13. The van der Waals surface area contributed by atoms with Gasteiger partial charge in [0.05, 0.1) is 6.20 Å². The molecule has 21 heavy (non-hydrogen) atoms.